The first kappa shape index (κ1) is 16.5. The SMILES string of the molecule is CC(C)c1ccc(OCCCC(=O)NCCCN)cc1. The van der Waals surface area contributed by atoms with Crippen LogP contribution in [-0.2, 0) is 4.79 Å². The van der Waals surface area contributed by atoms with Crippen molar-refractivity contribution in [3.05, 3.63) is 29.8 Å². The van der Waals surface area contributed by atoms with Crippen molar-refractivity contribution in [3.8, 4) is 5.75 Å². The first-order chi connectivity index (χ1) is 9.63. The van der Waals surface area contributed by atoms with Crippen LogP contribution in [0.4, 0.5) is 0 Å². The average molecular weight is 278 g/mol. The predicted molar refractivity (Wildman–Crippen MR) is 81.9 cm³/mol. The number of amides is 1. The monoisotopic (exact) mass is 278 g/mol. The summed E-state index contributed by atoms with van der Waals surface area (Å²) in [6.45, 7) is 6.16. The lowest BCUT2D eigenvalue weighted by atomic mass is 10.0. The highest BCUT2D eigenvalue weighted by molar-refractivity contribution is 5.75. The van der Waals surface area contributed by atoms with Gasteiger partial charge in [0.1, 0.15) is 5.75 Å². The summed E-state index contributed by atoms with van der Waals surface area (Å²) < 4.78 is 5.62. The summed E-state index contributed by atoms with van der Waals surface area (Å²) in [6.07, 6.45) is 2.04. The maximum absolute atomic E-state index is 11.4. The lowest BCUT2D eigenvalue weighted by Crippen LogP contribution is -2.26. The van der Waals surface area contributed by atoms with Gasteiger partial charge in [0, 0.05) is 13.0 Å². The quantitative estimate of drug-likeness (QED) is 0.682. The van der Waals surface area contributed by atoms with E-state index in [-0.39, 0.29) is 5.91 Å². The van der Waals surface area contributed by atoms with E-state index in [1.807, 2.05) is 12.1 Å². The third kappa shape index (κ3) is 6.57. The highest BCUT2D eigenvalue weighted by Crippen LogP contribution is 2.18. The first-order valence-corrected chi connectivity index (χ1v) is 7.33. The van der Waals surface area contributed by atoms with Crippen molar-refractivity contribution in [3.63, 3.8) is 0 Å². The summed E-state index contributed by atoms with van der Waals surface area (Å²) in [5.74, 6) is 1.46. The molecule has 0 spiro atoms. The van der Waals surface area contributed by atoms with Crippen LogP contribution in [0.3, 0.4) is 0 Å². The molecule has 0 saturated carbocycles. The van der Waals surface area contributed by atoms with Gasteiger partial charge in [0.15, 0.2) is 0 Å². The van der Waals surface area contributed by atoms with E-state index in [9.17, 15) is 4.79 Å². The average Bonchev–Trinajstić information content (AvgIpc) is 2.44. The van der Waals surface area contributed by atoms with Crippen molar-refractivity contribution in [2.24, 2.45) is 5.73 Å². The Labute approximate surface area is 121 Å². The molecule has 0 aliphatic carbocycles. The Balaban J connectivity index is 2.16. The topological polar surface area (TPSA) is 64.3 Å². The molecule has 0 saturated heterocycles. The molecule has 0 atom stereocenters. The molecule has 0 aromatic heterocycles. The van der Waals surface area contributed by atoms with Gasteiger partial charge in [-0.1, -0.05) is 26.0 Å². The van der Waals surface area contributed by atoms with E-state index >= 15 is 0 Å². The molecular weight excluding hydrogens is 252 g/mol. The van der Waals surface area contributed by atoms with Crippen LogP contribution in [-0.4, -0.2) is 25.6 Å². The minimum Gasteiger partial charge on any atom is -0.494 e. The van der Waals surface area contributed by atoms with Crippen molar-refractivity contribution < 1.29 is 9.53 Å². The molecular formula is C16H26N2O2. The minimum absolute atomic E-state index is 0.0669. The van der Waals surface area contributed by atoms with Crippen LogP contribution in [0, 0.1) is 0 Å². The van der Waals surface area contributed by atoms with Crippen LogP contribution < -0.4 is 15.8 Å². The van der Waals surface area contributed by atoms with Gasteiger partial charge in [0.05, 0.1) is 6.61 Å². The Morgan fingerprint density at radius 3 is 2.55 bits per heavy atom. The number of hydrogen-bond acceptors (Lipinski definition) is 3. The fraction of sp³-hybridized carbons (Fsp3) is 0.562. The first-order valence-electron chi connectivity index (χ1n) is 7.33. The van der Waals surface area contributed by atoms with Gasteiger partial charge in [-0.3, -0.25) is 4.79 Å². The lowest BCUT2D eigenvalue weighted by Gasteiger charge is -2.09. The molecule has 1 aromatic rings. The molecule has 3 N–H and O–H groups in total. The van der Waals surface area contributed by atoms with E-state index in [0.29, 0.717) is 32.0 Å². The van der Waals surface area contributed by atoms with Gasteiger partial charge < -0.3 is 15.8 Å². The van der Waals surface area contributed by atoms with E-state index in [1.54, 1.807) is 0 Å². The van der Waals surface area contributed by atoms with E-state index in [0.717, 1.165) is 18.6 Å². The van der Waals surface area contributed by atoms with Crippen LogP contribution in [0.5, 0.6) is 5.75 Å². The molecule has 0 radical (unpaired) electrons. The number of benzene rings is 1. The van der Waals surface area contributed by atoms with Gasteiger partial charge in [0.25, 0.3) is 0 Å². The fourth-order valence-corrected chi connectivity index (χ4v) is 1.79. The summed E-state index contributed by atoms with van der Waals surface area (Å²) in [5, 5.41) is 2.83. The van der Waals surface area contributed by atoms with Gasteiger partial charge in [0.2, 0.25) is 5.91 Å². The molecule has 1 rings (SSSR count). The second-order valence-electron chi connectivity index (χ2n) is 5.17. The molecule has 4 heteroatoms. The van der Waals surface area contributed by atoms with Gasteiger partial charge in [-0.2, -0.15) is 0 Å². The molecule has 0 unspecified atom stereocenters. The van der Waals surface area contributed by atoms with E-state index < -0.39 is 0 Å². The summed E-state index contributed by atoms with van der Waals surface area (Å²) in [6, 6.07) is 8.13. The number of nitrogens with one attached hydrogen (secondary N) is 1. The van der Waals surface area contributed by atoms with E-state index in [4.69, 9.17) is 10.5 Å². The fourth-order valence-electron chi connectivity index (χ4n) is 1.79. The second kappa shape index (κ2) is 9.37. The molecule has 1 aromatic carbocycles. The molecule has 20 heavy (non-hydrogen) atoms. The predicted octanol–water partition coefficient (Wildman–Crippen LogP) is 2.43. The van der Waals surface area contributed by atoms with Crippen molar-refractivity contribution >= 4 is 5.91 Å². The summed E-state index contributed by atoms with van der Waals surface area (Å²) in [7, 11) is 0. The normalized spacial score (nSPS) is 10.6. The lowest BCUT2D eigenvalue weighted by molar-refractivity contribution is -0.121. The highest BCUT2D eigenvalue weighted by atomic mass is 16.5. The largest absolute Gasteiger partial charge is 0.494 e. The molecule has 0 bridgehead atoms. The maximum Gasteiger partial charge on any atom is 0.220 e. The van der Waals surface area contributed by atoms with Crippen LogP contribution in [0.1, 0.15) is 44.6 Å². The van der Waals surface area contributed by atoms with Gasteiger partial charge in [-0.25, -0.2) is 0 Å². The number of ether oxygens (including phenoxy) is 1. The van der Waals surface area contributed by atoms with Crippen LogP contribution in [0.15, 0.2) is 24.3 Å². The number of nitrogens with two attached hydrogens (primary N) is 1. The molecule has 0 aliphatic rings. The molecule has 0 heterocycles. The molecule has 0 fully saturated rings. The zero-order chi connectivity index (χ0) is 14.8. The van der Waals surface area contributed by atoms with Gasteiger partial charge in [-0.15, -0.1) is 0 Å². The number of carbonyl (C=O) groups excluding carboxylic acids is 1. The molecule has 1 amide bonds. The molecule has 4 nitrogen and oxygen atoms in total. The zero-order valence-electron chi connectivity index (χ0n) is 12.5. The maximum atomic E-state index is 11.4. The Morgan fingerprint density at radius 1 is 1.25 bits per heavy atom. The third-order valence-corrected chi connectivity index (χ3v) is 3.07. The second-order valence-corrected chi connectivity index (χ2v) is 5.17. The van der Waals surface area contributed by atoms with Gasteiger partial charge in [-0.05, 0) is 43.0 Å². The van der Waals surface area contributed by atoms with Crippen LogP contribution >= 0.6 is 0 Å². The smallest absolute Gasteiger partial charge is 0.220 e. The summed E-state index contributed by atoms with van der Waals surface area (Å²) in [4.78, 5) is 11.4. The Kier molecular flexibility index (Phi) is 7.73. The number of carbonyl (C=O) groups is 1. The standard InChI is InChI=1S/C16H26N2O2/c1-13(2)14-6-8-15(9-7-14)20-12-3-5-16(19)18-11-4-10-17/h6-9,13H,3-5,10-12,17H2,1-2H3,(H,18,19). The van der Waals surface area contributed by atoms with Crippen LogP contribution in [0.25, 0.3) is 0 Å². The summed E-state index contributed by atoms with van der Waals surface area (Å²) in [5.41, 5.74) is 6.66. The number of rotatable bonds is 9. The Morgan fingerprint density at radius 2 is 1.95 bits per heavy atom. The van der Waals surface area contributed by atoms with Gasteiger partial charge >= 0.3 is 0 Å². The van der Waals surface area contributed by atoms with Crippen molar-refractivity contribution in [1.29, 1.82) is 0 Å². The van der Waals surface area contributed by atoms with Crippen molar-refractivity contribution in [2.75, 3.05) is 19.7 Å². The minimum atomic E-state index is 0.0669. The Bertz CT molecular complexity index is 388. The zero-order valence-corrected chi connectivity index (χ0v) is 12.5. The number of hydrogen-bond donors (Lipinski definition) is 2. The van der Waals surface area contributed by atoms with Crippen molar-refractivity contribution in [1.82, 2.24) is 5.32 Å². The highest BCUT2D eigenvalue weighted by Gasteiger charge is 2.02. The Hall–Kier alpha value is -1.55. The molecule has 112 valence electrons. The summed E-state index contributed by atoms with van der Waals surface area (Å²) >= 11 is 0. The van der Waals surface area contributed by atoms with Crippen LogP contribution in [0.2, 0.25) is 0 Å². The molecule has 0 aliphatic heterocycles. The van der Waals surface area contributed by atoms with E-state index in [1.165, 1.54) is 5.56 Å². The third-order valence-electron chi connectivity index (χ3n) is 3.07. The van der Waals surface area contributed by atoms with E-state index in [2.05, 4.69) is 31.3 Å². The van der Waals surface area contributed by atoms with Crippen molar-refractivity contribution in [2.45, 2.75) is 39.0 Å².